The van der Waals surface area contributed by atoms with Gasteiger partial charge in [-0.1, -0.05) is 0 Å². The first-order valence-electron chi connectivity index (χ1n) is 1.61. The Bertz CT molecular complexity index is 76.9. The lowest BCUT2D eigenvalue weighted by molar-refractivity contribution is -0.110. The van der Waals surface area contributed by atoms with E-state index < -0.39 is 0 Å². The van der Waals surface area contributed by atoms with Gasteiger partial charge in [0.1, 0.15) is 6.10 Å². The largest absolute Gasteiger partial charge is 0.364 e. The van der Waals surface area contributed by atoms with Gasteiger partial charge in [-0.3, -0.25) is 4.79 Å². The molecule has 0 aromatic rings. The first-order chi connectivity index (χ1) is 2.80. The maximum Gasteiger partial charge on any atom is 0.223 e. The molecule has 3 heteroatoms. The van der Waals surface area contributed by atoms with Gasteiger partial charge in [-0.05, 0) is 0 Å². The standard InChI is InChI=1S/C3H3IO2/c4-3(5)2-1-6-2/h2H,1H2/t2-/m1/s1. The van der Waals surface area contributed by atoms with E-state index in [-0.39, 0.29) is 9.89 Å². The number of ether oxygens (including phenoxy) is 1. The number of hydrogen-bond acceptors (Lipinski definition) is 2. The van der Waals surface area contributed by atoms with Gasteiger partial charge in [-0.15, -0.1) is 0 Å². The molecule has 0 amide bonds. The van der Waals surface area contributed by atoms with Crippen LogP contribution in [0.25, 0.3) is 0 Å². The first-order valence-corrected chi connectivity index (χ1v) is 2.69. The van der Waals surface area contributed by atoms with Gasteiger partial charge in [0.2, 0.25) is 3.79 Å². The molecule has 1 aliphatic rings. The molecule has 1 fully saturated rings. The van der Waals surface area contributed by atoms with Crippen LogP contribution in [-0.4, -0.2) is 16.5 Å². The molecule has 1 heterocycles. The smallest absolute Gasteiger partial charge is 0.223 e. The number of carbonyl (C=O) groups is 1. The second-order valence-corrected chi connectivity index (χ2v) is 2.19. The molecule has 0 unspecified atom stereocenters. The zero-order chi connectivity index (χ0) is 4.57. The molecular weight excluding hydrogens is 195 g/mol. The van der Waals surface area contributed by atoms with Crippen molar-refractivity contribution in [3.63, 3.8) is 0 Å². The molecule has 6 heavy (non-hydrogen) atoms. The van der Waals surface area contributed by atoms with Gasteiger partial charge in [-0.2, -0.15) is 0 Å². The molecule has 1 aliphatic heterocycles. The third-order valence-corrected chi connectivity index (χ3v) is 1.28. The maximum absolute atomic E-state index is 10.1. The lowest BCUT2D eigenvalue weighted by Gasteiger charge is -1.69. The Morgan fingerprint density at radius 2 is 2.50 bits per heavy atom. The zero-order valence-electron chi connectivity index (χ0n) is 2.98. The van der Waals surface area contributed by atoms with Gasteiger partial charge in [0.05, 0.1) is 6.61 Å². The van der Waals surface area contributed by atoms with Crippen LogP contribution in [0.15, 0.2) is 0 Å². The fourth-order valence-corrected chi connectivity index (χ4v) is 0.539. The van der Waals surface area contributed by atoms with Crippen LogP contribution in [0.3, 0.4) is 0 Å². The minimum atomic E-state index is -0.0504. The minimum absolute atomic E-state index is 0.0504. The van der Waals surface area contributed by atoms with Gasteiger partial charge in [0.25, 0.3) is 0 Å². The van der Waals surface area contributed by atoms with Crippen LogP contribution in [0.2, 0.25) is 0 Å². The van der Waals surface area contributed by atoms with E-state index in [0.29, 0.717) is 6.61 Å². The molecular formula is C3H3IO2. The monoisotopic (exact) mass is 198 g/mol. The van der Waals surface area contributed by atoms with Gasteiger partial charge in [0.15, 0.2) is 0 Å². The molecule has 0 aromatic carbocycles. The van der Waals surface area contributed by atoms with Crippen LogP contribution >= 0.6 is 22.6 Å². The van der Waals surface area contributed by atoms with Crippen LogP contribution in [0.4, 0.5) is 0 Å². The van der Waals surface area contributed by atoms with Crippen molar-refractivity contribution >= 4 is 26.4 Å². The third-order valence-electron chi connectivity index (χ3n) is 0.586. The summed E-state index contributed by atoms with van der Waals surface area (Å²) in [5, 5.41) is 0. The minimum Gasteiger partial charge on any atom is -0.364 e. The normalized spacial score (nSPS) is 29.8. The number of halogens is 1. The summed E-state index contributed by atoms with van der Waals surface area (Å²) >= 11 is 1.73. The summed E-state index contributed by atoms with van der Waals surface area (Å²) in [5.41, 5.74) is 0. The highest BCUT2D eigenvalue weighted by atomic mass is 127. The van der Waals surface area contributed by atoms with E-state index in [1.165, 1.54) is 0 Å². The topological polar surface area (TPSA) is 29.6 Å². The number of rotatable bonds is 1. The highest BCUT2D eigenvalue weighted by Gasteiger charge is 2.28. The molecule has 2 nitrogen and oxygen atoms in total. The van der Waals surface area contributed by atoms with Crippen molar-refractivity contribution in [1.29, 1.82) is 0 Å². The van der Waals surface area contributed by atoms with Crippen LogP contribution in [0, 0.1) is 0 Å². The number of carbonyl (C=O) groups excluding carboxylic acids is 1. The average Bonchev–Trinajstić information content (AvgIpc) is 2.06. The zero-order valence-corrected chi connectivity index (χ0v) is 5.14. The predicted molar refractivity (Wildman–Crippen MR) is 28.8 cm³/mol. The number of epoxide rings is 1. The van der Waals surface area contributed by atoms with E-state index in [1.807, 2.05) is 0 Å². The molecule has 1 atom stereocenters. The molecule has 0 radical (unpaired) electrons. The molecule has 1 rings (SSSR count). The second kappa shape index (κ2) is 1.46. The number of hydrogen-bond donors (Lipinski definition) is 0. The predicted octanol–water partition coefficient (Wildman–Crippen LogP) is 0.347. The highest BCUT2D eigenvalue weighted by Crippen LogP contribution is 2.12. The maximum atomic E-state index is 10.1. The third kappa shape index (κ3) is 0.909. The summed E-state index contributed by atoms with van der Waals surface area (Å²) < 4.78 is 4.73. The fraction of sp³-hybridized carbons (Fsp3) is 0.667. The summed E-state index contributed by atoms with van der Waals surface area (Å²) in [6.07, 6.45) is -0.0504. The van der Waals surface area contributed by atoms with Crippen molar-refractivity contribution in [3.05, 3.63) is 0 Å². The van der Waals surface area contributed by atoms with Crippen LogP contribution in [-0.2, 0) is 9.53 Å². The Labute approximate surface area is 49.0 Å². The highest BCUT2D eigenvalue weighted by molar-refractivity contribution is 14.1. The van der Waals surface area contributed by atoms with Crippen molar-refractivity contribution in [2.45, 2.75) is 6.10 Å². The summed E-state index contributed by atoms with van der Waals surface area (Å²) in [6, 6.07) is 0. The lowest BCUT2D eigenvalue weighted by Crippen LogP contribution is -1.92. The van der Waals surface area contributed by atoms with Gasteiger partial charge in [-0.25, -0.2) is 0 Å². The van der Waals surface area contributed by atoms with E-state index in [4.69, 9.17) is 0 Å². The molecule has 0 N–H and O–H groups in total. The van der Waals surface area contributed by atoms with E-state index in [9.17, 15) is 4.79 Å². The Morgan fingerprint density at radius 1 is 2.00 bits per heavy atom. The molecule has 0 bridgehead atoms. The summed E-state index contributed by atoms with van der Waals surface area (Å²) in [4.78, 5) is 10.1. The quantitative estimate of drug-likeness (QED) is 0.345. The molecule has 34 valence electrons. The van der Waals surface area contributed by atoms with Crippen LogP contribution in [0.5, 0.6) is 0 Å². The van der Waals surface area contributed by atoms with E-state index >= 15 is 0 Å². The van der Waals surface area contributed by atoms with E-state index in [1.54, 1.807) is 22.6 Å². The second-order valence-electron chi connectivity index (χ2n) is 1.13. The lowest BCUT2D eigenvalue weighted by atomic mass is 10.6. The van der Waals surface area contributed by atoms with Crippen molar-refractivity contribution in [2.75, 3.05) is 6.61 Å². The Morgan fingerprint density at radius 3 is 2.50 bits per heavy atom. The van der Waals surface area contributed by atoms with Crippen LogP contribution in [0.1, 0.15) is 0 Å². The Hall–Kier alpha value is 0.360. The average molecular weight is 198 g/mol. The van der Waals surface area contributed by atoms with Crippen molar-refractivity contribution in [3.8, 4) is 0 Å². The Kier molecular flexibility index (Phi) is 1.10. The van der Waals surface area contributed by atoms with Gasteiger partial charge < -0.3 is 4.74 Å². The summed E-state index contributed by atoms with van der Waals surface area (Å²) in [6.45, 7) is 0.641. The van der Waals surface area contributed by atoms with Crippen molar-refractivity contribution in [2.24, 2.45) is 0 Å². The molecule has 0 spiro atoms. The van der Waals surface area contributed by atoms with E-state index in [0.717, 1.165) is 0 Å². The molecule has 0 aromatic heterocycles. The van der Waals surface area contributed by atoms with Gasteiger partial charge >= 0.3 is 0 Å². The molecule has 0 aliphatic carbocycles. The van der Waals surface area contributed by atoms with Crippen molar-refractivity contribution in [1.82, 2.24) is 0 Å². The SMILES string of the molecule is O=C(I)[C@H]1CO1. The first kappa shape index (κ1) is 4.52. The van der Waals surface area contributed by atoms with E-state index in [2.05, 4.69) is 4.74 Å². The molecule has 1 saturated heterocycles. The molecule has 0 saturated carbocycles. The Balaban J connectivity index is 2.31. The summed E-state index contributed by atoms with van der Waals surface area (Å²) in [7, 11) is 0. The van der Waals surface area contributed by atoms with Gasteiger partial charge in [0, 0.05) is 22.6 Å². The fourth-order valence-electron chi connectivity index (χ4n) is 0.179. The van der Waals surface area contributed by atoms with Crippen molar-refractivity contribution < 1.29 is 9.53 Å². The summed E-state index contributed by atoms with van der Waals surface area (Å²) in [5.74, 6) is 0. The van der Waals surface area contributed by atoms with Crippen LogP contribution < -0.4 is 0 Å².